The second-order valence-corrected chi connectivity index (χ2v) is 6.50. The molecule has 0 aliphatic carbocycles. The maximum Gasteiger partial charge on any atom is 0.222 e. The van der Waals surface area contributed by atoms with Crippen molar-refractivity contribution in [2.24, 2.45) is 0 Å². The molecule has 0 spiro atoms. The summed E-state index contributed by atoms with van der Waals surface area (Å²) in [6.07, 6.45) is 2.71. The van der Waals surface area contributed by atoms with Crippen LogP contribution in [0.5, 0.6) is 0 Å². The molecule has 0 unspecified atom stereocenters. The molecule has 132 valence electrons. The van der Waals surface area contributed by atoms with Crippen molar-refractivity contribution in [2.45, 2.75) is 33.1 Å². The Labute approximate surface area is 149 Å². The van der Waals surface area contributed by atoms with Crippen LogP contribution >= 0.6 is 0 Å². The van der Waals surface area contributed by atoms with E-state index in [-0.39, 0.29) is 5.91 Å². The van der Waals surface area contributed by atoms with Gasteiger partial charge in [0.25, 0.3) is 0 Å². The highest BCUT2D eigenvalue weighted by Crippen LogP contribution is 2.22. The maximum atomic E-state index is 12.2. The van der Waals surface area contributed by atoms with Gasteiger partial charge in [-0.1, -0.05) is 43.7 Å². The molecule has 5 heteroatoms. The molecule has 1 aromatic heterocycles. The highest BCUT2D eigenvalue weighted by Gasteiger charge is 2.22. The average Bonchev–Trinajstić information content (AvgIpc) is 2.66. The Bertz CT molecular complexity index is 709. The zero-order valence-electron chi connectivity index (χ0n) is 15.1. The Morgan fingerprint density at radius 1 is 1.08 bits per heavy atom. The minimum atomic E-state index is 0.283. The second kappa shape index (κ2) is 8.10. The number of carbonyl (C=O) groups is 1. The first-order valence-electron chi connectivity index (χ1n) is 9.11. The molecule has 25 heavy (non-hydrogen) atoms. The van der Waals surface area contributed by atoms with Crippen LogP contribution in [0, 0.1) is 6.92 Å². The molecule has 3 rings (SSSR count). The summed E-state index contributed by atoms with van der Waals surface area (Å²) in [5, 5.41) is 0. The van der Waals surface area contributed by atoms with E-state index in [2.05, 4.69) is 40.0 Å². The Hall–Kier alpha value is -2.43. The number of carbonyl (C=O) groups excluding carboxylic acids is 1. The highest BCUT2D eigenvalue weighted by molar-refractivity contribution is 5.76. The summed E-state index contributed by atoms with van der Waals surface area (Å²) >= 11 is 0. The van der Waals surface area contributed by atoms with Crippen LogP contribution in [0.3, 0.4) is 0 Å². The molecule has 0 saturated carbocycles. The van der Waals surface area contributed by atoms with Crippen molar-refractivity contribution >= 4 is 11.7 Å². The van der Waals surface area contributed by atoms with E-state index in [0.717, 1.165) is 61.9 Å². The van der Waals surface area contributed by atoms with Gasteiger partial charge in [0.05, 0.1) is 5.69 Å². The third-order valence-corrected chi connectivity index (χ3v) is 4.59. The molecular formula is C20H26N4O. The third kappa shape index (κ3) is 4.35. The lowest BCUT2D eigenvalue weighted by molar-refractivity contribution is -0.131. The zero-order valence-corrected chi connectivity index (χ0v) is 15.1. The molecule has 2 heterocycles. The summed E-state index contributed by atoms with van der Waals surface area (Å²) in [7, 11) is 0. The number of amides is 1. The molecule has 1 saturated heterocycles. The predicted molar refractivity (Wildman–Crippen MR) is 101 cm³/mol. The number of rotatable bonds is 5. The first-order valence-corrected chi connectivity index (χ1v) is 9.11. The molecular weight excluding hydrogens is 312 g/mol. The molecule has 1 aliphatic heterocycles. The fraction of sp³-hybridized carbons (Fsp3) is 0.450. The van der Waals surface area contributed by atoms with Gasteiger partial charge in [0.2, 0.25) is 5.91 Å². The normalized spacial score (nSPS) is 14.6. The number of aryl methyl sites for hydroxylation is 1. The first kappa shape index (κ1) is 17.4. The Morgan fingerprint density at radius 2 is 1.80 bits per heavy atom. The highest BCUT2D eigenvalue weighted by atomic mass is 16.2. The largest absolute Gasteiger partial charge is 0.353 e. The number of hydrogen-bond acceptors (Lipinski definition) is 4. The number of anilines is 1. The lowest BCUT2D eigenvalue weighted by Crippen LogP contribution is -2.49. The van der Waals surface area contributed by atoms with Gasteiger partial charge in [-0.2, -0.15) is 0 Å². The average molecular weight is 338 g/mol. The molecule has 1 fully saturated rings. The Kier molecular flexibility index (Phi) is 5.64. The van der Waals surface area contributed by atoms with Crippen molar-refractivity contribution in [3.8, 4) is 11.3 Å². The minimum absolute atomic E-state index is 0.283. The molecule has 1 aromatic carbocycles. The van der Waals surface area contributed by atoms with Gasteiger partial charge < -0.3 is 9.80 Å². The fourth-order valence-electron chi connectivity index (χ4n) is 3.14. The molecule has 1 amide bonds. The summed E-state index contributed by atoms with van der Waals surface area (Å²) in [5.74, 6) is 2.01. The Morgan fingerprint density at radius 3 is 2.48 bits per heavy atom. The van der Waals surface area contributed by atoms with Gasteiger partial charge in [0.1, 0.15) is 11.6 Å². The molecule has 0 bridgehead atoms. The lowest BCUT2D eigenvalue weighted by atomic mass is 10.1. The van der Waals surface area contributed by atoms with Gasteiger partial charge in [0.15, 0.2) is 0 Å². The van der Waals surface area contributed by atoms with Gasteiger partial charge >= 0.3 is 0 Å². The van der Waals surface area contributed by atoms with Gasteiger partial charge in [0, 0.05) is 44.2 Å². The monoisotopic (exact) mass is 338 g/mol. The van der Waals surface area contributed by atoms with Crippen LogP contribution in [-0.4, -0.2) is 47.0 Å². The van der Waals surface area contributed by atoms with Crippen LogP contribution in [-0.2, 0) is 4.79 Å². The van der Waals surface area contributed by atoms with E-state index in [1.54, 1.807) is 0 Å². The van der Waals surface area contributed by atoms with Gasteiger partial charge in [-0.05, 0) is 13.3 Å². The first-order chi connectivity index (χ1) is 12.2. The van der Waals surface area contributed by atoms with Crippen molar-refractivity contribution in [2.75, 3.05) is 31.1 Å². The SMILES string of the molecule is CCCCC(=O)N1CCN(c2cc(-c3ccccc3)nc(C)n2)CC1. The number of unbranched alkanes of at least 4 members (excludes halogenated alkanes) is 1. The summed E-state index contributed by atoms with van der Waals surface area (Å²) in [4.78, 5) is 25.6. The smallest absolute Gasteiger partial charge is 0.222 e. The topological polar surface area (TPSA) is 49.3 Å². The number of piperazine rings is 1. The Balaban J connectivity index is 1.69. The minimum Gasteiger partial charge on any atom is -0.353 e. The standard InChI is InChI=1S/C20H26N4O/c1-3-4-10-20(25)24-13-11-23(12-14-24)19-15-18(21-16(2)22-19)17-8-6-5-7-9-17/h5-9,15H,3-4,10-14H2,1-2H3. The third-order valence-electron chi connectivity index (χ3n) is 4.59. The summed E-state index contributed by atoms with van der Waals surface area (Å²) in [6, 6.07) is 12.2. The second-order valence-electron chi connectivity index (χ2n) is 6.50. The van der Waals surface area contributed by atoms with Crippen molar-refractivity contribution in [1.29, 1.82) is 0 Å². The summed E-state index contributed by atoms with van der Waals surface area (Å²) in [5.41, 5.74) is 2.05. The maximum absolute atomic E-state index is 12.2. The number of aromatic nitrogens is 2. The van der Waals surface area contributed by atoms with Gasteiger partial charge in [-0.3, -0.25) is 4.79 Å². The van der Waals surface area contributed by atoms with E-state index in [1.165, 1.54) is 0 Å². The van der Waals surface area contributed by atoms with Crippen LogP contribution in [0.1, 0.15) is 32.0 Å². The van der Waals surface area contributed by atoms with E-state index < -0.39 is 0 Å². The van der Waals surface area contributed by atoms with E-state index in [0.29, 0.717) is 6.42 Å². The fourth-order valence-corrected chi connectivity index (χ4v) is 3.14. The quantitative estimate of drug-likeness (QED) is 0.839. The summed E-state index contributed by atoms with van der Waals surface area (Å²) < 4.78 is 0. The van der Waals surface area contributed by atoms with E-state index in [1.807, 2.05) is 30.0 Å². The van der Waals surface area contributed by atoms with Crippen molar-refractivity contribution < 1.29 is 4.79 Å². The number of nitrogens with zero attached hydrogens (tertiary/aromatic N) is 4. The predicted octanol–water partition coefficient (Wildman–Crippen LogP) is 3.29. The molecule has 2 aromatic rings. The van der Waals surface area contributed by atoms with Crippen LogP contribution in [0.15, 0.2) is 36.4 Å². The van der Waals surface area contributed by atoms with Crippen LogP contribution in [0.2, 0.25) is 0 Å². The molecule has 1 aliphatic rings. The zero-order chi connectivity index (χ0) is 17.6. The number of benzene rings is 1. The number of hydrogen-bond donors (Lipinski definition) is 0. The van der Waals surface area contributed by atoms with Crippen molar-refractivity contribution in [3.63, 3.8) is 0 Å². The van der Waals surface area contributed by atoms with E-state index in [4.69, 9.17) is 0 Å². The molecule has 0 atom stereocenters. The van der Waals surface area contributed by atoms with Gasteiger partial charge in [-0.25, -0.2) is 9.97 Å². The van der Waals surface area contributed by atoms with Gasteiger partial charge in [-0.15, -0.1) is 0 Å². The summed E-state index contributed by atoms with van der Waals surface area (Å²) in [6.45, 7) is 7.23. The van der Waals surface area contributed by atoms with E-state index >= 15 is 0 Å². The van der Waals surface area contributed by atoms with E-state index in [9.17, 15) is 4.79 Å². The van der Waals surface area contributed by atoms with Crippen LogP contribution in [0.4, 0.5) is 5.82 Å². The molecule has 0 radical (unpaired) electrons. The molecule has 0 N–H and O–H groups in total. The van der Waals surface area contributed by atoms with Crippen molar-refractivity contribution in [3.05, 3.63) is 42.2 Å². The van der Waals surface area contributed by atoms with Crippen molar-refractivity contribution in [1.82, 2.24) is 14.9 Å². The molecule has 5 nitrogen and oxygen atoms in total. The van der Waals surface area contributed by atoms with Crippen LogP contribution < -0.4 is 4.90 Å². The lowest BCUT2D eigenvalue weighted by Gasteiger charge is -2.35. The van der Waals surface area contributed by atoms with Crippen LogP contribution in [0.25, 0.3) is 11.3 Å².